The average Bonchev–Trinajstić information content (AvgIpc) is 2.09. The minimum absolute atomic E-state index is 0.127. The summed E-state index contributed by atoms with van der Waals surface area (Å²) in [5, 5.41) is 8.65. The molecule has 0 bridgehead atoms. The largest absolute Gasteiger partial charge is 0.379 e. The average molecular weight is 214 g/mol. The van der Waals surface area contributed by atoms with E-state index in [1.807, 2.05) is 26.8 Å². The van der Waals surface area contributed by atoms with Gasteiger partial charge in [-0.05, 0) is 27.7 Å². The fourth-order valence-electron chi connectivity index (χ4n) is 0.849. The van der Waals surface area contributed by atoms with Crippen molar-refractivity contribution < 1.29 is 9.47 Å². The fraction of sp³-hybridized carbons (Fsp3) is 0.909. The molecule has 0 saturated carbocycles. The molecule has 0 spiro atoms. The van der Waals surface area contributed by atoms with Crippen molar-refractivity contribution in [1.29, 1.82) is 5.26 Å². The van der Waals surface area contributed by atoms with Crippen molar-refractivity contribution in [2.45, 2.75) is 45.3 Å². The molecule has 0 aromatic heterocycles. The normalized spacial score (nSPS) is 15.7. The van der Waals surface area contributed by atoms with Crippen molar-refractivity contribution in [3.8, 4) is 6.07 Å². The molecule has 0 aliphatic rings. The lowest BCUT2D eigenvalue weighted by Gasteiger charge is -2.20. The van der Waals surface area contributed by atoms with Crippen LogP contribution in [-0.2, 0) is 9.47 Å². The van der Waals surface area contributed by atoms with Gasteiger partial charge in [-0.3, -0.25) is 0 Å². The molecule has 15 heavy (non-hydrogen) atoms. The Hall–Kier alpha value is -0.630. The molecule has 88 valence electrons. The number of nitrogens with two attached hydrogens (primary N) is 1. The van der Waals surface area contributed by atoms with Crippen molar-refractivity contribution in [3.63, 3.8) is 0 Å². The Balaban J connectivity index is 3.38. The molecule has 2 N–H and O–H groups in total. The Kier molecular flexibility index (Phi) is 5.81. The van der Waals surface area contributed by atoms with Crippen LogP contribution in [0.15, 0.2) is 0 Å². The van der Waals surface area contributed by atoms with Gasteiger partial charge < -0.3 is 15.2 Å². The first-order valence-corrected chi connectivity index (χ1v) is 5.19. The van der Waals surface area contributed by atoms with Crippen LogP contribution in [0.1, 0.15) is 34.1 Å². The van der Waals surface area contributed by atoms with Gasteiger partial charge in [0.2, 0.25) is 0 Å². The minimum Gasteiger partial charge on any atom is -0.379 e. The van der Waals surface area contributed by atoms with Crippen molar-refractivity contribution in [2.75, 3.05) is 19.8 Å². The summed E-state index contributed by atoms with van der Waals surface area (Å²) >= 11 is 0. The van der Waals surface area contributed by atoms with E-state index in [1.54, 1.807) is 6.92 Å². The van der Waals surface area contributed by atoms with Gasteiger partial charge in [0.15, 0.2) is 0 Å². The quantitative estimate of drug-likeness (QED) is 0.679. The number of nitriles is 1. The summed E-state index contributed by atoms with van der Waals surface area (Å²) in [7, 11) is 0. The first kappa shape index (κ1) is 14.4. The molecule has 4 nitrogen and oxygen atoms in total. The number of hydrogen-bond acceptors (Lipinski definition) is 4. The molecule has 0 aliphatic heterocycles. The smallest absolute Gasteiger partial charge is 0.103 e. The molecule has 0 saturated heterocycles. The van der Waals surface area contributed by atoms with Gasteiger partial charge in [0.05, 0.1) is 24.9 Å². The summed E-state index contributed by atoms with van der Waals surface area (Å²) < 4.78 is 10.8. The van der Waals surface area contributed by atoms with Crippen LogP contribution in [-0.4, -0.2) is 31.0 Å². The van der Waals surface area contributed by atoms with Crippen LogP contribution in [0.5, 0.6) is 0 Å². The third-order valence-electron chi connectivity index (χ3n) is 1.78. The molecule has 1 unspecified atom stereocenters. The Labute approximate surface area is 92.3 Å². The summed E-state index contributed by atoms with van der Waals surface area (Å²) in [6.45, 7) is 9.30. The van der Waals surface area contributed by atoms with E-state index in [-0.39, 0.29) is 5.60 Å². The highest BCUT2D eigenvalue weighted by Crippen LogP contribution is 2.06. The molecular formula is C11H22N2O2. The predicted octanol–water partition coefficient (Wildman–Crippen LogP) is 1.45. The van der Waals surface area contributed by atoms with Crippen LogP contribution in [0, 0.1) is 11.3 Å². The van der Waals surface area contributed by atoms with E-state index in [4.69, 9.17) is 20.5 Å². The van der Waals surface area contributed by atoms with Crippen molar-refractivity contribution in [2.24, 2.45) is 5.73 Å². The van der Waals surface area contributed by atoms with Gasteiger partial charge in [0.25, 0.3) is 0 Å². The molecule has 0 fully saturated rings. The molecule has 0 radical (unpaired) electrons. The van der Waals surface area contributed by atoms with Crippen LogP contribution in [0.3, 0.4) is 0 Å². The van der Waals surface area contributed by atoms with E-state index in [0.29, 0.717) is 26.2 Å². The first-order valence-electron chi connectivity index (χ1n) is 5.19. The van der Waals surface area contributed by atoms with Crippen molar-refractivity contribution >= 4 is 0 Å². The maximum atomic E-state index is 8.65. The highest BCUT2D eigenvalue weighted by atomic mass is 16.5. The minimum atomic E-state index is -0.787. The van der Waals surface area contributed by atoms with E-state index in [1.165, 1.54) is 0 Å². The van der Waals surface area contributed by atoms with Crippen LogP contribution < -0.4 is 5.73 Å². The van der Waals surface area contributed by atoms with Crippen molar-refractivity contribution in [3.05, 3.63) is 0 Å². The van der Waals surface area contributed by atoms with Crippen LogP contribution >= 0.6 is 0 Å². The third-order valence-corrected chi connectivity index (χ3v) is 1.78. The summed E-state index contributed by atoms with van der Waals surface area (Å²) in [5.41, 5.74) is 4.71. The van der Waals surface area contributed by atoms with Crippen LogP contribution in [0.2, 0.25) is 0 Å². The Morgan fingerprint density at radius 2 is 1.73 bits per heavy atom. The van der Waals surface area contributed by atoms with Gasteiger partial charge in [-0.15, -0.1) is 0 Å². The van der Waals surface area contributed by atoms with Gasteiger partial charge >= 0.3 is 0 Å². The zero-order valence-corrected chi connectivity index (χ0v) is 10.2. The summed E-state index contributed by atoms with van der Waals surface area (Å²) in [6, 6.07) is 2.02. The summed E-state index contributed by atoms with van der Waals surface area (Å²) in [6.07, 6.45) is 0.541. The molecule has 0 aromatic carbocycles. The molecule has 0 aromatic rings. The van der Waals surface area contributed by atoms with Gasteiger partial charge in [-0.25, -0.2) is 0 Å². The Morgan fingerprint density at radius 1 is 1.13 bits per heavy atom. The lowest BCUT2D eigenvalue weighted by Crippen LogP contribution is -2.35. The zero-order valence-electron chi connectivity index (χ0n) is 10.2. The van der Waals surface area contributed by atoms with Gasteiger partial charge in [-0.1, -0.05) is 0 Å². The van der Waals surface area contributed by atoms with E-state index in [2.05, 4.69) is 0 Å². The van der Waals surface area contributed by atoms with Crippen LogP contribution in [0.4, 0.5) is 0 Å². The number of hydrogen-bond donors (Lipinski definition) is 1. The monoisotopic (exact) mass is 214 g/mol. The molecule has 0 amide bonds. The van der Waals surface area contributed by atoms with Gasteiger partial charge in [-0.2, -0.15) is 5.26 Å². The van der Waals surface area contributed by atoms with E-state index in [0.717, 1.165) is 0 Å². The van der Waals surface area contributed by atoms with E-state index >= 15 is 0 Å². The second kappa shape index (κ2) is 6.06. The van der Waals surface area contributed by atoms with Crippen LogP contribution in [0.25, 0.3) is 0 Å². The maximum Gasteiger partial charge on any atom is 0.103 e. The second-order valence-electron chi connectivity index (χ2n) is 4.85. The lowest BCUT2D eigenvalue weighted by molar-refractivity contribution is -0.0358. The second-order valence-corrected chi connectivity index (χ2v) is 4.85. The van der Waals surface area contributed by atoms with E-state index < -0.39 is 5.54 Å². The molecule has 4 heteroatoms. The Morgan fingerprint density at radius 3 is 2.20 bits per heavy atom. The lowest BCUT2D eigenvalue weighted by atomic mass is 10.0. The molecular weight excluding hydrogens is 192 g/mol. The summed E-state index contributed by atoms with van der Waals surface area (Å²) in [4.78, 5) is 0. The molecule has 0 rings (SSSR count). The number of nitrogens with zero attached hydrogens (tertiary/aromatic N) is 1. The van der Waals surface area contributed by atoms with E-state index in [9.17, 15) is 0 Å². The zero-order chi connectivity index (χ0) is 11.9. The summed E-state index contributed by atoms with van der Waals surface area (Å²) in [5.74, 6) is 0. The third kappa shape index (κ3) is 9.67. The topological polar surface area (TPSA) is 68.3 Å². The SMILES string of the molecule is CC(N)(C#N)CCOCCOC(C)(C)C. The molecule has 0 aliphatic carbocycles. The van der Waals surface area contributed by atoms with Crippen molar-refractivity contribution in [1.82, 2.24) is 0 Å². The first-order chi connectivity index (χ1) is 6.77. The highest BCUT2D eigenvalue weighted by molar-refractivity contribution is 5.00. The standard InChI is InChI=1S/C11H22N2O2/c1-10(2,3)15-8-7-14-6-5-11(4,13)9-12/h5-8,13H2,1-4H3. The molecule has 0 heterocycles. The fourth-order valence-corrected chi connectivity index (χ4v) is 0.849. The molecule has 1 atom stereocenters. The maximum absolute atomic E-state index is 8.65. The van der Waals surface area contributed by atoms with Gasteiger partial charge in [0, 0.05) is 13.0 Å². The number of rotatable bonds is 6. The highest BCUT2D eigenvalue weighted by Gasteiger charge is 2.16. The van der Waals surface area contributed by atoms with Gasteiger partial charge in [0.1, 0.15) is 5.54 Å². The predicted molar refractivity (Wildman–Crippen MR) is 59.3 cm³/mol. The number of ether oxygens (including phenoxy) is 2. The Bertz CT molecular complexity index is 214.